The molecule has 1 atom stereocenters. The predicted molar refractivity (Wildman–Crippen MR) is 119 cm³/mol. The van der Waals surface area contributed by atoms with Crippen molar-refractivity contribution in [1.82, 2.24) is 5.32 Å². The summed E-state index contributed by atoms with van der Waals surface area (Å²) >= 11 is 0. The van der Waals surface area contributed by atoms with Crippen LogP contribution in [0.2, 0.25) is 0 Å². The average molecular weight is 435 g/mol. The Morgan fingerprint density at radius 3 is 2.43 bits per heavy atom. The second-order valence-electron chi connectivity index (χ2n) is 7.48. The first kappa shape index (κ1) is 23.5. The van der Waals surface area contributed by atoms with Crippen molar-refractivity contribution >= 4 is 21.6 Å². The molecule has 2 rings (SSSR count). The number of benzene rings is 2. The smallest absolute Gasteiger partial charge is 0.241 e. The summed E-state index contributed by atoms with van der Waals surface area (Å²) in [5, 5.41) is 2.79. The van der Waals surface area contributed by atoms with Crippen LogP contribution in [0.5, 0.6) is 11.5 Å². The molecule has 2 aromatic rings. The number of ether oxygens (including phenoxy) is 2. The van der Waals surface area contributed by atoms with Crippen LogP contribution in [0.1, 0.15) is 26.3 Å². The molecule has 0 aliphatic rings. The van der Waals surface area contributed by atoms with Crippen molar-refractivity contribution < 1.29 is 22.7 Å². The van der Waals surface area contributed by atoms with Gasteiger partial charge in [-0.1, -0.05) is 24.3 Å². The van der Waals surface area contributed by atoms with Crippen LogP contribution in [-0.2, 0) is 14.8 Å². The molecule has 0 saturated heterocycles. The Balaban J connectivity index is 2.03. The summed E-state index contributed by atoms with van der Waals surface area (Å²) < 4.78 is 37.1. The van der Waals surface area contributed by atoms with Crippen LogP contribution in [0, 0.1) is 6.92 Å². The van der Waals surface area contributed by atoms with Gasteiger partial charge in [-0.05, 0) is 51.5 Å². The number of carbonyl (C=O) groups excluding carboxylic acids is 1. The van der Waals surface area contributed by atoms with Gasteiger partial charge in [0.05, 0.1) is 24.1 Å². The minimum Gasteiger partial charge on any atom is -0.491 e. The molecule has 2 aromatic carbocycles. The minimum absolute atomic E-state index is 0.0515. The Labute approximate surface area is 179 Å². The lowest BCUT2D eigenvalue weighted by atomic mass is 10.2. The third kappa shape index (κ3) is 7.26. The van der Waals surface area contributed by atoms with Crippen molar-refractivity contribution in [3.8, 4) is 11.5 Å². The standard InChI is InChI=1S/C22H30N2O5S/c1-16(2)29-20-11-8-10-19(13-20)24(30(5,26)27)14-22(25)23-18(4)15-28-21-12-7-6-9-17(21)3/h6-13,16,18H,14-15H2,1-5H3,(H,23,25). The van der Waals surface area contributed by atoms with Gasteiger partial charge in [-0.2, -0.15) is 0 Å². The highest BCUT2D eigenvalue weighted by Gasteiger charge is 2.22. The number of rotatable bonds is 10. The number of carbonyl (C=O) groups is 1. The number of nitrogens with zero attached hydrogens (tertiary/aromatic N) is 1. The third-order valence-corrected chi connectivity index (χ3v) is 5.30. The summed E-state index contributed by atoms with van der Waals surface area (Å²) in [5.74, 6) is 0.867. The lowest BCUT2D eigenvalue weighted by Crippen LogP contribution is -2.44. The quantitative estimate of drug-likeness (QED) is 0.621. The fraction of sp³-hybridized carbons (Fsp3) is 0.409. The first-order valence-electron chi connectivity index (χ1n) is 9.78. The number of para-hydroxylation sites is 1. The minimum atomic E-state index is -3.67. The van der Waals surface area contributed by atoms with Crippen LogP contribution in [0.3, 0.4) is 0 Å². The normalized spacial score (nSPS) is 12.3. The first-order chi connectivity index (χ1) is 14.1. The van der Waals surface area contributed by atoms with E-state index in [-0.39, 0.29) is 25.3 Å². The molecule has 0 fully saturated rings. The van der Waals surface area contributed by atoms with Gasteiger partial charge < -0.3 is 14.8 Å². The number of hydrogen-bond acceptors (Lipinski definition) is 5. The molecule has 8 heteroatoms. The van der Waals surface area contributed by atoms with E-state index >= 15 is 0 Å². The number of hydrogen-bond donors (Lipinski definition) is 1. The monoisotopic (exact) mass is 434 g/mol. The van der Waals surface area contributed by atoms with Gasteiger partial charge in [0.2, 0.25) is 15.9 Å². The highest BCUT2D eigenvalue weighted by molar-refractivity contribution is 7.92. The molecule has 7 nitrogen and oxygen atoms in total. The maximum Gasteiger partial charge on any atom is 0.241 e. The number of sulfonamides is 1. The topological polar surface area (TPSA) is 84.9 Å². The number of anilines is 1. The molecule has 0 heterocycles. The molecule has 0 spiro atoms. The Morgan fingerprint density at radius 2 is 1.80 bits per heavy atom. The average Bonchev–Trinajstić information content (AvgIpc) is 2.64. The SMILES string of the molecule is Cc1ccccc1OCC(C)NC(=O)CN(c1cccc(OC(C)C)c1)S(C)(=O)=O. The zero-order valence-corrected chi connectivity index (χ0v) is 18.9. The summed E-state index contributed by atoms with van der Waals surface area (Å²) in [6.07, 6.45) is 1.02. The largest absolute Gasteiger partial charge is 0.491 e. The molecular weight excluding hydrogens is 404 g/mol. The molecule has 1 N–H and O–H groups in total. The van der Waals surface area contributed by atoms with E-state index in [0.29, 0.717) is 11.4 Å². The zero-order chi connectivity index (χ0) is 22.3. The number of amides is 1. The van der Waals surface area contributed by atoms with Gasteiger partial charge in [0.15, 0.2) is 0 Å². The Morgan fingerprint density at radius 1 is 1.10 bits per heavy atom. The third-order valence-electron chi connectivity index (χ3n) is 4.15. The van der Waals surface area contributed by atoms with Crippen molar-refractivity contribution in [2.75, 3.05) is 23.7 Å². The molecule has 0 aliphatic heterocycles. The van der Waals surface area contributed by atoms with Crippen LogP contribution in [-0.4, -0.2) is 45.9 Å². The number of nitrogens with one attached hydrogen (secondary N) is 1. The van der Waals surface area contributed by atoms with Crippen molar-refractivity contribution in [3.63, 3.8) is 0 Å². The van der Waals surface area contributed by atoms with E-state index in [4.69, 9.17) is 9.47 Å². The molecule has 0 bridgehead atoms. The molecule has 30 heavy (non-hydrogen) atoms. The Bertz CT molecular complexity index is 960. The molecule has 164 valence electrons. The molecule has 0 aromatic heterocycles. The van der Waals surface area contributed by atoms with E-state index in [0.717, 1.165) is 21.9 Å². The first-order valence-corrected chi connectivity index (χ1v) is 11.6. The lowest BCUT2D eigenvalue weighted by Gasteiger charge is -2.24. The van der Waals surface area contributed by atoms with Gasteiger partial charge in [-0.3, -0.25) is 9.10 Å². The fourth-order valence-corrected chi connectivity index (χ4v) is 3.66. The van der Waals surface area contributed by atoms with Gasteiger partial charge in [-0.25, -0.2) is 8.42 Å². The predicted octanol–water partition coefficient (Wildman–Crippen LogP) is 3.13. The molecular formula is C22H30N2O5S. The van der Waals surface area contributed by atoms with E-state index in [1.165, 1.54) is 0 Å². The van der Waals surface area contributed by atoms with E-state index in [9.17, 15) is 13.2 Å². The van der Waals surface area contributed by atoms with Crippen LogP contribution in [0.15, 0.2) is 48.5 Å². The van der Waals surface area contributed by atoms with Gasteiger partial charge in [0.1, 0.15) is 24.7 Å². The van der Waals surface area contributed by atoms with Crippen LogP contribution in [0.4, 0.5) is 5.69 Å². The molecule has 0 saturated carbocycles. The summed E-state index contributed by atoms with van der Waals surface area (Å²) in [5.41, 5.74) is 1.37. The van der Waals surface area contributed by atoms with Crippen LogP contribution >= 0.6 is 0 Å². The molecule has 1 amide bonds. The second-order valence-corrected chi connectivity index (χ2v) is 9.39. The zero-order valence-electron chi connectivity index (χ0n) is 18.1. The van der Waals surface area contributed by atoms with Crippen molar-refractivity contribution in [1.29, 1.82) is 0 Å². The van der Waals surface area contributed by atoms with Gasteiger partial charge in [-0.15, -0.1) is 0 Å². The Kier molecular flexibility index (Phi) is 8.11. The van der Waals surface area contributed by atoms with Crippen LogP contribution in [0.25, 0.3) is 0 Å². The van der Waals surface area contributed by atoms with E-state index in [1.807, 2.05) is 45.0 Å². The lowest BCUT2D eigenvalue weighted by molar-refractivity contribution is -0.120. The van der Waals surface area contributed by atoms with Gasteiger partial charge in [0.25, 0.3) is 0 Å². The van der Waals surface area contributed by atoms with Crippen LogP contribution < -0.4 is 19.1 Å². The van der Waals surface area contributed by atoms with Gasteiger partial charge in [0, 0.05) is 6.07 Å². The summed E-state index contributed by atoms with van der Waals surface area (Å²) in [6, 6.07) is 14.0. The molecule has 0 radical (unpaired) electrons. The van der Waals surface area contributed by atoms with Crippen molar-refractivity contribution in [2.24, 2.45) is 0 Å². The fourth-order valence-electron chi connectivity index (χ4n) is 2.81. The van der Waals surface area contributed by atoms with E-state index in [1.54, 1.807) is 31.2 Å². The maximum atomic E-state index is 12.5. The van der Waals surface area contributed by atoms with Crippen molar-refractivity contribution in [3.05, 3.63) is 54.1 Å². The Hall–Kier alpha value is -2.74. The number of aryl methyl sites for hydroxylation is 1. The highest BCUT2D eigenvalue weighted by atomic mass is 32.2. The van der Waals surface area contributed by atoms with Gasteiger partial charge >= 0.3 is 0 Å². The summed E-state index contributed by atoms with van der Waals surface area (Å²) in [4.78, 5) is 12.5. The van der Waals surface area contributed by atoms with E-state index < -0.39 is 15.9 Å². The molecule has 1 unspecified atom stereocenters. The summed E-state index contributed by atoms with van der Waals surface area (Å²) in [6.45, 7) is 7.45. The van der Waals surface area contributed by atoms with E-state index in [2.05, 4.69) is 5.32 Å². The second kappa shape index (κ2) is 10.3. The van der Waals surface area contributed by atoms with Crippen molar-refractivity contribution in [2.45, 2.75) is 39.8 Å². The highest BCUT2D eigenvalue weighted by Crippen LogP contribution is 2.24. The maximum absolute atomic E-state index is 12.5. The summed E-state index contributed by atoms with van der Waals surface area (Å²) in [7, 11) is -3.67. The molecule has 0 aliphatic carbocycles.